The number of hydrogen-bond donors (Lipinski definition) is 1. The summed E-state index contributed by atoms with van der Waals surface area (Å²) in [7, 11) is 0. The molecule has 0 saturated heterocycles. The van der Waals surface area contributed by atoms with Crippen molar-refractivity contribution in [1.82, 2.24) is 9.88 Å². The van der Waals surface area contributed by atoms with E-state index in [1.807, 2.05) is 5.38 Å². The van der Waals surface area contributed by atoms with Crippen LogP contribution in [0.1, 0.15) is 26.7 Å². The highest BCUT2D eigenvalue weighted by Crippen LogP contribution is 2.11. The van der Waals surface area contributed by atoms with Crippen LogP contribution in [-0.2, 0) is 0 Å². The fourth-order valence-corrected chi connectivity index (χ4v) is 2.18. The molecule has 0 aliphatic rings. The summed E-state index contributed by atoms with van der Waals surface area (Å²) in [4.78, 5) is 6.34. The summed E-state index contributed by atoms with van der Waals surface area (Å²) in [5.41, 5.74) is 0. The molecule has 1 heterocycles. The quantitative estimate of drug-likeness (QED) is 0.805. The maximum atomic E-state index is 5.34. The van der Waals surface area contributed by atoms with E-state index in [2.05, 4.69) is 29.0 Å². The van der Waals surface area contributed by atoms with Crippen LogP contribution < -0.4 is 5.32 Å². The van der Waals surface area contributed by atoms with Crippen LogP contribution >= 0.6 is 23.6 Å². The van der Waals surface area contributed by atoms with Gasteiger partial charge in [-0.25, -0.2) is 4.98 Å². The summed E-state index contributed by atoms with van der Waals surface area (Å²) in [6.07, 6.45) is 4.00. The molecule has 0 bridgehead atoms. The molecule has 1 N–H and O–H groups in total. The molecule has 0 aliphatic carbocycles. The van der Waals surface area contributed by atoms with E-state index in [9.17, 15) is 0 Å². The van der Waals surface area contributed by atoms with Gasteiger partial charge in [0.1, 0.15) is 0 Å². The summed E-state index contributed by atoms with van der Waals surface area (Å²) in [5.74, 6) is 0. The zero-order valence-corrected chi connectivity index (χ0v) is 10.8. The van der Waals surface area contributed by atoms with Gasteiger partial charge in [-0.3, -0.25) is 0 Å². The van der Waals surface area contributed by atoms with E-state index >= 15 is 0 Å². The smallest absolute Gasteiger partial charge is 0.188 e. The van der Waals surface area contributed by atoms with Crippen LogP contribution in [0.15, 0.2) is 11.6 Å². The molecule has 0 radical (unpaired) electrons. The van der Waals surface area contributed by atoms with E-state index in [1.54, 1.807) is 17.5 Å². The topological polar surface area (TPSA) is 28.2 Å². The minimum Gasteiger partial charge on any atom is -0.349 e. The number of aromatic nitrogens is 1. The largest absolute Gasteiger partial charge is 0.349 e. The number of thiazole rings is 1. The molecule has 0 unspecified atom stereocenters. The Balaban J connectivity index is 2.48. The van der Waals surface area contributed by atoms with Gasteiger partial charge in [0.25, 0.3) is 0 Å². The van der Waals surface area contributed by atoms with Crippen molar-refractivity contribution in [1.29, 1.82) is 0 Å². The van der Waals surface area contributed by atoms with Crippen molar-refractivity contribution in [2.75, 3.05) is 18.4 Å². The van der Waals surface area contributed by atoms with Crippen molar-refractivity contribution in [3.05, 3.63) is 11.6 Å². The van der Waals surface area contributed by atoms with Crippen LogP contribution in [-0.4, -0.2) is 28.1 Å². The van der Waals surface area contributed by atoms with Crippen LogP contribution in [0.3, 0.4) is 0 Å². The summed E-state index contributed by atoms with van der Waals surface area (Å²) in [6, 6.07) is 0. The highest BCUT2D eigenvalue weighted by atomic mass is 32.1. The van der Waals surface area contributed by atoms with Crippen molar-refractivity contribution in [3.8, 4) is 0 Å². The maximum Gasteiger partial charge on any atom is 0.188 e. The van der Waals surface area contributed by atoms with Gasteiger partial charge in [0.2, 0.25) is 0 Å². The number of rotatable bonds is 5. The van der Waals surface area contributed by atoms with Crippen LogP contribution in [0.5, 0.6) is 0 Å². The molecule has 1 aromatic heterocycles. The zero-order chi connectivity index (χ0) is 11.1. The molecule has 5 heteroatoms. The average molecular weight is 243 g/mol. The van der Waals surface area contributed by atoms with E-state index in [1.165, 1.54) is 0 Å². The Labute approximate surface area is 101 Å². The van der Waals surface area contributed by atoms with E-state index in [-0.39, 0.29) is 0 Å². The second kappa shape index (κ2) is 6.74. The van der Waals surface area contributed by atoms with Crippen molar-refractivity contribution < 1.29 is 0 Å². The maximum absolute atomic E-state index is 5.34. The summed E-state index contributed by atoms with van der Waals surface area (Å²) >= 11 is 6.90. The number of thiocarbonyl (C=S) groups is 1. The molecule has 15 heavy (non-hydrogen) atoms. The number of nitrogens with zero attached hydrogens (tertiary/aromatic N) is 2. The molecule has 0 saturated carbocycles. The normalized spacial score (nSPS) is 10.0. The molecular formula is C10H17N3S2. The Kier molecular flexibility index (Phi) is 5.57. The first-order chi connectivity index (χ1) is 7.27. The number of nitrogens with one attached hydrogen (secondary N) is 1. The van der Waals surface area contributed by atoms with Gasteiger partial charge < -0.3 is 10.2 Å². The van der Waals surface area contributed by atoms with Crippen molar-refractivity contribution in [2.24, 2.45) is 0 Å². The van der Waals surface area contributed by atoms with E-state index < -0.39 is 0 Å². The SMILES string of the molecule is CCCN(CCC)C(=S)Nc1nccs1. The van der Waals surface area contributed by atoms with Gasteiger partial charge in [-0.15, -0.1) is 11.3 Å². The molecule has 1 aromatic rings. The van der Waals surface area contributed by atoms with Crippen molar-refractivity contribution in [2.45, 2.75) is 26.7 Å². The fraction of sp³-hybridized carbons (Fsp3) is 0.600. The highest BCUT2D eigenvalue weighted by molar-refractivity contribution is 7.80. The Morgan fingerprint density at radius 1 is 1.47 bits per heavy atom. The van der Waals surface area contributed by atoms with Crippen LogP contribution in [0.2, 0.25) is 0 Å². The van der Waals surface area contributed by atoms with E-state index in [4.69, 9.17) is 12.2 Å². The number of hydrogen-bond acceptors (Lipinski definition) is 3. The summed E-state index contributed by atoms with van der Waals surface area (Å²) in [6.45, 7) is 6.33. The predicted molar refractivity (Wildman–Crippen MR) is 70.5 cm³/mol. The van der Waals surface area contributed by atoms with Crippen molar-refractivity contribution in [3.63, 3.8) is 0 Å². The lowest BCUT2D eigenvalue weighted by molar-refractivity contribution is 0.423. The molecule has 0 amide bonds. The minimum absolute atomic E-state index is 0.786. The van der Waals surface area contributed by atoms with Gasteiger partial charge in [-0.05, 0) is 25.1 Å². The van der Waals surface area contributed by atoms with Gasteiger partial charge in [0.05, 0.1) is 0 Å². The van der Waals surface area contributed by atoms with Crippen molar-refractivity contribution >= 4 is 33.8 Å². The van der Waals surface area contributed by atoms with Gasteiger partial charge in [0.15, 0.2) is 10.2 Å². The average Bonchev–Trinajstić information content (AvgIpc) is 2.70. The Morgan fingerprint density at radius 3 is 2.60 bits per heavy atom. The van der Waals surface area contributed by atoms with Gasteiger partial charge in [-0.1, -0.05) is 13.8 Å². The second-order valence-corrected chi connectivity index (χ2v) is 4.54. The summed E-state index contributed by atoms with van der Waals surface area (Å²) in [5, 5.41) is 6.75. The highest BCUT2D eigenvalue weighted by Gasteiger charge is 2.08. The van der Waals surface area contributed by atoms with Gasteiger partial charge in [0, 0.05) is 24.7 Å². The van der Waals surface area contributed by atoms with Crippen LogP contribution in [0, 0.1) is 0 Å². The third-order valence-corrected chi connectivity index (χ3v) is 2.97. The Hall–Kier alpha value is -0.680. The van der Waals surface area contributed by atoms with Gasteiger partial charge in [-0.2, -0.15) is 0 Å². The standard InChI is InChI=1S/C10H17N3S2/c1-3-6-13(7-4-2)10(14)12-9-11-5-8-15-9/h5,8H,3-4,6-7H2,1-2H3,(H,11,12,14). The fourth-order valence-electron chi connectivity index (χ4n) is 1.31. The first-order valence-corrected chi connectivity index (χ1v) is 6.52. The lowest BCUT2D eigenvalue weighted by Gasteiger charge is -2.23. The first-order valence-electron chi connectivity index (χ1n) is 5.23. The molecule has 0 spiro atoms. The Bertz CT molecular complexity index is 279. The zero-order valence-electron chi connectivity index (χ0n) is 9.19. The van der Waals surface area contributed by atoms with Gasteiger partial charge >= 0.3 is 0 Å². The minimum atomic E-state index is 0.786. The van der Waals surface area contributed by atoms with E-state index in [0.717, 1.165) is 36.2 Å². The molecular weight excluding hydrogens is 226 g/mol. The lowest BCUT2D eigenvalue weighted by Crippen LogP contribution is -2.35. The van der Waals surface area contributed by atoms with E-state index in [0.29, 0.717) is 0 Å². The third-order valence-electron chi connectivity index (χ3n) is 1.92. The number of anilines is 1. The summed E-state index contributed by atoms with van der Waals surface area (Å²) < 4.78 is 0. The van der Waals surface area contributed by atoms with Crippen LogP contribution in [0.25, 0.3) is 0 Å². The molecule has 0 fully saturated rings. The molecule has 0 aromatic carbocycles. The molecule has 84 valence electrons. The molecule has 0 aliphatic heterocycles. The monoisotopic (exact) mass is 243 g/mol. The lowest BCUT2D eigenvalue weighted by atomic mass is 10.4. The molecule has 1 rings (SSSR count). The second-order valence-electron chi connectivity index (χ2n) is 3.25. The third kappa shape index (κ3) is 4.13. The molecule has 0 atom stereocenters. The predicted octanol–water partition coefficient (Wildman–Crippen LogP) is 2.96. The van der Waals surface area contributed by atoms with Crippen LogP contribution in [0.4, 0.5) is 5.13 Å². The Morgan fingerprint density at radius 2 is 2.13 bits per heavy atom. The molecule has 3 nitrogen and oxygen atoms in total. The first kappa shape index (κ1) is 12.4.